The van der Waals surface area contributed by atoms with Gasteiger partial charge >= 0.3 is 0 Å². The third kappa shape index (κ3) is 2.86. The van der Waals surface area contributed by atoms with Crippen molar-refractivity contribution in [2.45, 2.75) is 31.4 Å². The highest BCUT2D eigenvalue weighted by Crippen LogP contribution is 2.23. The summed E-state index contributed by atoms with van der Waals surface area (Å²) in [5.41, 5.74) is -0.137. The van der Waals surface area contributed by atoms with E-state index in [2.05, 4.69) is 17.6 Å². The minimum absolute atomic E-state index is 0.0139. The fourth-order valence-electron chi connectivity index (χ4n) is 1.94. The van der Waals surface area contributed by atoms with Crippen LogP contribution in [0.25, 0.3) is 0 Å². The molecule has 0 aromatic rings. The first kappa shape index (κ1) is 11.2. The van der Waals surface area contributed by atoms with E-state index in [1.54, 1.807) is 11.8 Å². The molecule has 0 spiro atoms. The number of carbonyl (C=O) groups is 1. The molecule has 2 atom stereocenters. The average Bonchev–Trinajstić information content (AvgIpc) is 2.85. The second-order valence-electron chi connectivity index (χ2n) is 4.39. The van der Waals surface area contributed by atoms with Gasteiger partial charge in [0, 0.05) is 24.8 Å². The lowest BCUT2D eigenvalue weighted by atomic mass is 10.0. The quantitative estimate of drug-likeness (QED) is 0.734. The normalized spacial score (nSPS) is 35.7. The van der Waals surface area contributed by atoms with E-state index in [0.717, 1.165) is 31.1 Å². The molecular weight excluding hydrogens is 212 g/mol. The molecule has 2 aliphatic heterocycles. The second kappa shape index (κ2) is 4.72. The Kier molecular flexibility index (Phi) is 3.53. The largest absolute Gasteiger partial charge is 0.373 e. The number of carbonyl (C=O) groups excluding carboxylic acids is 1. The Balaban J connectivity index is 1.74. The number of hydrogen-bond donors (Lipinski definition) is 2. The smallest absolute Gasteiger partial charge is 0.238 e. The van der Waals surface area contributed by atoms with Gasteiger partial charge in [-0.05, 0) is 19.8 Å². The standard InChI is InChI=1S/C10H18N2O2S/c1-10(3-2-4-14-10)6-11-9(13)8-5-15-7-12-8/h8,12H,2-7H2,1H3,(H,11,13). The fraction of sp³-hybridized carbons (Fsp3) is 0.900. The lowest BCUT2D eigenvalue weighted by Crippen LogP contribution is -2.47. The summed E-state index contributed by atoms with van der Waals surface area (Å²) in [6, 6.07) is -0.0139. The highest BCUT2D eigenvalue weighted by atomic mass is 32.2. The minimum atomic E-state index is -0.137. The van der Waals surface area contributed by atoms with E-state index in [1.807, 2.05) is 0 Å². The SMILES string of the molecule is CC1(CNC(=O)C2CSCN2)CCCO1. The van der Waals surface area contributed by atoms with Crippen molar-refractivity contribution in [1.29, 1.82) is 0 Å². The van der Waals surface area contributed by atoms with E-state index >= 15 is 0 Å². The maximum atomic E-state index is 11.7. The van der Waals surface area contributed by atoms with Gasteiger partial charge in [0.2, 0.25) is 5.91 Å². The van der Waals surface area contributed by atoms with Crippen LogP contribution >= 0.6 is 11.8 Å². The van der Waals surface area contributed by atoms with E-state index in [0.29, 0.717) is 6.54 Å². The zero-order chi connectivity index (χ0) is 10.7. The third-order valence-corrected chi connectivity index (χ3v) is 3.91. The number of nitrogens with one attached hydrogen (secondary N) is 2. The van der Waals surface area contributed by atoms with Crippen molar-refractivity contribution >= 4 is 17.7 Å². The molecule has 1 amide bonds. The molecule has 2 fully saturated rings. The zero-order valence-corrected chi connectivity index (χ0v) is 9.86. The number of thioether (sulfide) groups is 1. The predicted octanol–water partition coefficient (Wildman–Crippen LogP) is 0.334. The van der Waals surface area contributed by atoms with Crippen LogP contribution in [0.4, 0.5) is 0 Å². The Bertz CT molecular complexity index is 236. The Morgan fingerprint density at radius 3 is 3.20 bits per heavy atom. The van der Waals surface area contributed by atoms with Gasteiger partial charge in [-0.15, -0.1) is 11.8 Å². The number of amides is 1. The maximum absolute atomic E-state index is 11.7. The Morgan fingerprint density at radius 1 is 1.73 bits per heavy atom. The van der Waals surface area contributed by atoms with Crippen LogP contribution in [0.15, 0.2) is 0 Å². The first-order valence-electron chi connectivity index (χ1n) is 5.42. The van der Waals surface area contributed by atoms with Crippen LogP contribution < -0.4 is 10.6 Å². The number of hydrogen-bond acceptors (Lipinski definition) is 4. The summed E-state index contributed by atoms with van der Waals surface area (Å²) in [5.74, 6) is 1.87. The molecule has 0 aromatic heterocycles. The first-order chi connectivity index (χ1) is 7.20. The van der Waals surface area contributed by atoms with Gasteiger partial charge in [0.1, 0.15) is 0 Å². The molecule has 2 aliphatic rings. The summed E-state index contributed by atoms with van der Waals surface area (Å²) in [5, 5.41) is 6.12. The molecule has 0 bridgehead atoms. The number of rotatable bonds is 3. The van der Waals surface area contributed by atoms with Gasteiger partial charge < -0.3 is 10.1 Å². The van der Waals surface area contributed by atoms with Crippen LogP contribution in [0, 0.1) is 0 Å². The fourth-order valence-corrected chi connectivity index (χ4v) is 2.88. The van der Waals surface area contributed by atoms with Crippen LogP contribution in [0.1, 0.15) is 19.8 Å². The van der Waals surface area contributed by atoms with Crippen molar-refractivity contribution in [3.8, 4) is 0 Å². The van der Waals surface area contributed by atoms with Crippen LogP contribution in [0.3, 0.4) is 0 Å². The Hall–Kier alpha value is -0.260. The molecule has 0 aromatic carbocycles. The summed E-state index contributed by atoms with van der Waals surface area (Å²) >= 11 is 1.76. The summed E-state index contributed by atoms with van der Waals surface area (Å²) < 4.78 is 5.61. The third-order valence-electron chi connectivity index (χ3n) is 2.97. The molecule has 2 heterocycles. The van der Waals surface area contributed by atoms with Gasteiger partial charge in [0.25, 0.3) is 0 Å². The van der Waals surface area contributed by atoms with Crippen molar-refractivity contribution in [3.05, 3.63) is 0 Å². The molecular formula is C10H18N2O2S. The zero-order valence-electron chi connectivity index (χ0n) is 9.04. The maximum Gasteiger partial charge on any atom is 0.238 e. The lowest BCUT2D eigenvalue weighted by molar-refractivity contribution is -0.123. The van der Waals surface area contributed by atoms with E-state index in [-0.39, 0.29) is 17.6 Å². The highest BCUT2D eigenvalue weighted by molar-refractivity contribution is 7.99. The van der Waals surface area contributed by atoms with Crippen molar-refractivity contribution in [3.63, 3.8) is 0 Å². The van der Waals surface area contributed by atoms with Gasteiger partial charge in [-0.2, -0.15) is 0 Å². The molecule has 4 nitrogen and oxygen atoms in total. The molecule has 2 N–H and O–H groups in total. The second-order valence-corrected chi connectivity index (χ2v) is 5.42. The van der Waals surface area contributed by atoms with Gasteiger partial charge in [-0.3, -0.25) is 10.1 Å². The molecule has 0 saturated carbocycles. The molecule has 2 rings (SSSR count). The van der Waals surface area contributed by atoms with Crippen molar-refractivity contribution in [1.82, 2.24) is 10.6 Å². The van der Waals surface area contributed by atoms with Gasteiger partial charge in [0.15, 0.2) is 0 Å². The lowest BCUT2D eigenvalue weighted by Gasteiger charge is -2.24. The predicted molar refractivity (Wildman–Crippen MR) is 60.8 cm³/mol. The summed E-state index contributed by atoms with van der Waals surface area (Å²) in [7, 11) is 0. The molecule has 0 radical (unpaired) electrons. The molecule has 2 saturated heterocycles. The molecule has 2 unspecified atom stereocenters. The summed E-state index contributed by atoms with van der Waals surface area (Å²) in [4.78, 5) is 11.7. The highest BCUT2D eigenvalue weighted by Gasteiger charge is 2.31. The Labute approximate surface area is 94.5 Å². The van der Waals surface area contributed by atoms with E-state index in [1.165, 1.54) is 0 Å². The van der Waals surface area contributed by atoms with Crippen LogP contribution in [-0.4, -0.2) is 42.3 Å². The average molecular weight is 230 g/mol. The van der Waals surface area contributed by atoms with Crippen LogP contribution in [-0.2, 0) is 9.53 Å². The summed E-state index contributed by atoms with van der Waals surface area (Å²) in [6.45, 7) is 3.52. The topological polar surface area (TPSA) is 50.4 Å². The van der Waals surface area contributed by atoms with Crippen LogP contribution in [0.2, 0.25) is 0 Å². The minimum Gasteiger partial charge on any atom is -0.373 e. The monoisotopic (exact) mass is 230 g/mol. The van der Waals surface area contributed by atoms with Gasteiger partial charge in [-0.25, -0.2) is 0 Å². The molecule has 5 heteroatoms. The van der Waals surface area contributed by atoms with E-state index in [9.17, 15) is 4.79 Å². The van der Waals surface area contributed by atoms with E-state index < -0.39 is 0 Å². The van der Waals surface area contributed by atoms with Gasteiger partial charge in [0.05, 0.1) is 11.6 Å². The van der Waals surface area contributed by atoms with Crippen molar-refractivity contribution < 1.29 is 9.53 Å². The number of ether oxygens (including phenoxy) is 1. The van der Waals surface area contributed by atoms with Crippen molar-refractivity contribution in [2.75, 3.05) is 24.8 Å². The van der Waals surface area contributed by atoms with E-state index in [4.69, 9.17) is 4.74 Å². The first-order valence-corrected chi connectivity index (χ1v) is 6.58. The summed E-state index contributed by atoms with van der Waals surface area (Å²) in [6.07, 6.45) is 2.14. The van der Waals surface area contributed by atoms with Gasteiger partial charge in [-0.1, -0.05) is 0 Å². The Morgan fingerprint density at radius 2 is 2.60 bits per heavy atom. The molecule has 0 aliphatic carbocycles. The molecule has 15 heavy (non-hydrogen) atoms. The molecule has 86 valence electrons. The van der Waals surface area contributed by atoms with Crippen LogP contribution in [0.5, 0.6) is 0 Å². The van der Waals surface area contributed by atoms with Crippen molar-refractivity contribution in [2.24, 2.45) is 0 Å².